The van der Waals surface area contributed by atoms with Crippen LogP contribution in [0.4, 0.5) is 5.69 Å². The Morgan fingerprint density at radius 1 is 0.966 bits per heavy atom. The zero-order chi connectivity index (χ0) is 19.8. The van der Waals surface area contributed by atoms with Crippen LogP contribution in [-0.4, -0.2) is 15.9 Å². The van der Waals surface area contributed by atoms with Crippen molar-refractivity contribution in [1.29, 1.82) is 0 Å². The largest absolute Gasteiger partial charge is 0.322 e. The lowest BCUT2D eigenvalue weighted by molar-refractivity contribution is 0.102. The number of fused-ring (bicyclic) bond motifs is 2. The normalized spacial score (nSPS) is 11.1. The summed E-state index contributed by atoms with van der Waals surface area (Å²) in [5, 5.41) is 5.98. The van der Waals surface area contributed by atoms with Gasteiger partial charge in [-0.15, -0.1) is 0 Å². The van der Waals surface area contributed by atoms with Gasteiger partial charge in [-0.05, 0) is 59.7 Å². The summed E-state index contributed by atoms with van der Waals surface area (Å²) in [6.45, 7) is 1.99. The number of nitrogens with one attached hydrogen (secondary N) is 1. The summed E-state index contributed by atoms with van der Waals surface area (Å²) < 4.78 is 0. The highest BCUT2D eigenvalue weighted by Crippen LogP contribution is 2.31. The van der Waals surface area contributed by atoms with E-state index in [1.54, 1.807) is 17.5 Å². The molecule has 0 spiro atoms. The van der Waals surface area contributed by atoms with Gasteiger partial charge >= 0.3 is 0 Å². The van der Waals surface area contributed by atoms with E-state index in [2.05, 4.69) is 21.4 Å². The number of hydrogen-bond donors (Lipinski definition) is 1. The molecule has 0 saturated heterocycles. The van der Waals surface area contributed by atoms with Gasteiger partial charge in [0.1, 0.15) is 15.4 Å². The third-order valence-electron chi connectivity index (χ3n) is 4.92. The second kappa shape index (κ2) is 7.11. The molecule has 5 heteroatoms. The van der Waals surface area contributed by atoms with Gasteiger partial charge in [-0.2, -0.15) is 0 Å². The van der Waals surface area contributed by atoms with Crippen LogP contribution in [0.25, 0.3) is 31.7 Å². The van der Waals surface area contributed by atoms with E-state index < -0.39 is 0 Å². The molecule has 1 N–H and O–H groups in total. The number of carbonyl (C=O) groups excluding carboxylic acids is 1. The number of anilines is 1. The van der Waals surface area contributed by atoms with Gasteiger partial charge in [0.25, 0.3) is 5.91 Å². The van der Waals surface area contributed by atoms with Crippen LogP contribution in [0.3, 0.4) is 0 Å². The van der Waals surface area contributed by atoms with Crippen molar-refractivity contribution < 1.29 is 4.79 Å². The van der Waals surface area contributed by atoms with Crippen molar-refractivity contribution in [2.45, 2.75) is 6.92 Å². The van der Waals surface area contributed by atoms with Crippen LogP contribution in [0.1, 0.15) is 15.9 Å². The number of pyridine rings is 1. The van der Waals surface area contributed by atoms with E-state index >= 15 is 0 Å². The third kappa shape index (κ3) is 3.26. The van der Waals surface area contributed by atoms with Crippen molar-refractivity contribution in [3.05, 3.63) is 90.1 Å². The van der Waals surface area contributed by atoms with E-state index in [1.807, 2.05) is 73.7 Å². The second-order valence-corrected chi connectivity index (χ2v) is 7.83. The van der Waals surface area contributed by atoms with Gasteiger partial charge in [-0.25, -0.2) is 9.97 Å². The van der Waals surface area contributed by atoms with E-state index in [1.165, 1.54) is 0 Å². The number of benzene rings is 3. The molecule has 0 aliphatic carbocycles. The maximum absolute atomic E-state index is 12.9. The zero-order valence-corrected chi connectivity index (χ0v) is 16.5. The van der Waals surface area contributed by atoms with Crippen molar-refractivity contribution in [2.75, 3.05) is 5.32 Å². The van der Waals surface area contributed by atoms with Gasteiger partial charge in [-0.1, -0.05) is 47.7 Å². The maximum atomic E-state index is 12.9. The Kier molecular flexibility index (Phi) is 4.30. The first-order valence-corrected chi connectivity index (χ1v) is 10.1. The number of aryl methyl sites for hydroxylation is 1. The van der Waals surface area contributed by atoms with E-state index in [0.29, 0.717) is 5.56 Å². The molecule has 0 radical (unpaired) electrons. The monoisotopic (exact) mass is 395 g/mol. The maximum Gasteiger partial charge on any atom is 0.256 e. The molecule has 0 saturated carbocycles. The molecule has 3 aromatic carbocycles. The fraction of sp³-hybridized carbons (Fsp3) is 0.0417. The van der Waals surface area contributed by atoms with Crippen LogP contribution in [0.2, 0.25) is 0 Å². The Hall–Kier alpha value is -3.57. The Morgan fingerprint density at radius 2 is 1.83 bits per heavy atom. The Balaban J connectivity index is 1.45. The van der Waals surface area contributed by atoms with Crippen molar-refractivity contribution in [3.63, 3.8) is 0 Å². The summed E-state index contributed by atoms with van der Waals surface area (Å²) >= 11 is 1.57. The molecular formula is C24H17N3OS. The molecule has 0 unspecified atom stereocenters. The first-order valence-electron chi connectivity index (χ1n) is 9.31. The van der Waals surface area contributed by atoms with Crippen LogP contribution in [0.5, 0.6) is 0 Å². The molecule has 29 heavy (non-hydrogen) atoms. The predicted octanol–water partition coefficient (Wildman–Crippen LogP) is 6.07. The smallest absolute Gasteiger partial charge is 0.256 e. The average Bonchev–Trinajstić information content (AvgIpc) is 3.19. The number of nitrogens with zero attached hydrogens (tertiary/aromatic N) is 2. The summed E-state index contributed by atoms with van der Waals surface area (Å²) in [6, 6.07) is 23.5. The summed E-state index contributed by atoms with van der Waals surface area (Å²) in [7, 11) is 0. The molecule has 0 aliphatic rings. The van der Waals surface area contributed by atoms with Gasteiger partial charge in [0.05, 0.1) is 0 Å². The molecule has 1 amide bonds. The lowest BCUT2D eigenvalue weighted by Crippen LogP contribution is -2.13. The van der Waals surface area contributed by atoms with Crippen molar-refractivity contribution in [2.24, 2.45) is 0 Å². The van der Waals surface area contributed by atoms with Gasteiger partial charge in [0.2, 0.25) is 0 Å². The Labute approximate surface area is 171 Å². The van der Waals surface area contributed by atoms with Gasteiger partial charge in [0.15, 0.2) is 0 Å². The van der Waals surface area contributed by atoms with Crippen LogP contribution in [0, 0.1) is 6.92 Å². The van der Waals surface area contributed by atoms with Crippen molar-refractivity contribution >= 4 is 44.1 Å². The molecule has 4 nitrogen and oxygen atoms in total. The summed E-state index contributed by atoms with van der Waals surface area (Å²) in [5.41, 5.74) is 4.38. The molecule has 2 aromatic heterocycles. The van der Waals surface area contributed by atoms with Crippen LogP contribution in [-0.2, 0) is 0 Å². The number of hydrogen-bond acceptors (Lipinski definition) is 4. The molecule has 0 fully saturated rings. The molecule has 0 aliphatic heterocycles. The first-order chi connectivity index (χ1) is 14.2. The zero-order valence-electron chi connectivity index (χ0n) is 15.7. The molecule has 2 heterocycles. The van der Waals surface area contributed by atoms with Crippen LogP contribution < -0.4 is 5.32 Å². The fourth-order valence-electron chi connectivity index (χ4n) is 3.44. The Morgan fingerprint density at radius 3 is 2.69 bits per heavy atom. The van der Waals surface area contributed by atoms with E-state index in [4.69, 9.17) is 0 Å². The molecular weight excluding hydrogens is 378 g/mol. The van der Waals surface area contributed by atoms with Gasteiger partial charge < -0.3 is 5.32 Å². The van der Waals surface area contributed by atoms with Crippen molar-refractivity contribution in [3.8, 4) is 10.6 Å². The first kappa shape index (κ1) is 17.5. The molecule has 5 aromatic rings. The van der Waals surface area contributed by atoms with E-state index in [9.17, 15) is 4.79 Å². The molecule has 5 rings (SSSR count). The van der Waals surface area contributed by atoms with Gasteiger partial charge in [0, 0.05) is 23.0 Å². The quantitative estimate of drug-likeness (QED) is 0.403. The summed E-state index contributed by atoms with van der Waals surface area (Å²) in [6.07, 6.45) is 1.78. The highest BCUT2D eigenvalue weighted by Gasteiger charge is 2.13. The summed E-state index contributed by atoms with van der Waals surface area (Å²) in [5.74, 6) is -0.109. The topological polar surface area (TPSA) is 54.9 Å². The SMILES string of the molecule is Cc1cc(-c2nc3cccnc3s2)ccc1NC(=O)c1cccc2ccccc12. The number of thiazole rings is 1. The average molecular weight is 395 g/mol. The molecule has 140 valence electrons. The van der Waals surface area contributed by atoms with Gasteiger partial charge in [-0.3, -0.25) is 4.79 Å². The van der Waals surface area contributed by atoms with E-state index in [0.717, 1.165) is 42.9 Å². The lowest BCUT2D eigenvalue weighted by atomic mass is 10.0. The van der Waals surface area contributed by atoms with Crippen molar-refractivity contribution in [1.82, 2.24) is 9.97 Å². The number of amides is 1. The lowest BCUT2D eigenvalue weighted by Gasteiger charge is -2.11. The highest BCUT2D eigenvalue weighted by atomic mass is 32.1. The third-order valence-corrected chi connectivity index (χ3v) is 5.95. The number of carbonyl (C=O) groups is 1. The fourth-order valence-corrected chi connectivity index (χ4v) is 4.35. The van der Waals surface area contributed by atoms with Crippen LogP contribution in [0.15, 0.2) is 79.0 Å². The second-order valence-electron chi connectivity index (χ2n) is 6.86. The summed E-state index contributed by atoms with van der Waals surface area (Å²) in [4.78, 5) is 22.9. The minimum Gasteiger partial charge on any atom is -0.322 e. The predicted molar refractivity (Wildman–Crippen MR) is 119 cm³/mol. The number of rotatable bonds is 3. The minimum atomic E-state index is -0.109. The van der Waals surface area contributed by atoms with Crippen LogP contribution >= 0.6 is 11.3 Å². The van der Waals surface area contributed by atoms with E-state index in [-0.39, 0.29) is 5.91 Å². The number of aromatic nitrogens is 2. The molecule has 0 atom stereocenters. The minimum absolute atomic E-state index is 0.109. The Bertz CT molecular complexity index is 1330. The highest BCUT2D eigenvalue weighted by molar-refractivity contribution is 7.21. The standard InChI is InChI=1S/C24H17N3OS/c1-15-14-17(23-27-21-10-5-13-25-24(21)29-23)11-12-20(15)26-22(28)19-9-4-7-16-6-2-3-8-18(16)19/h2-14H,1H3,(H,26,28). The molecule has 0 bridgehead atoms.